The molecule has 1 aromatic carbocycles. The molecule has 120 valence electrons. The number of halogens is 1. The van der Waals surface area contributed by atoms with Crippen molar-refractivity contribution in [2.75, 3.05) is 13.2 Å². The summed E-state index contributed by atoms with van der Waals surface area (Å²) in [5.41, 5.74) is -0.0521. The molecule has 1 unspecified atom stereocenters. The van der Waals surface area contributed by atoms with Gasteiger partial charge >= 0.3 is 0 Å². The minimum absolute atomic E-state index is 0.0454. The summed E-state index contributed by atoms with van der Waals surface area (Å²) in [6, 6.07) is 2.97. The second kappa shape index (κ2) is 7.84. The summed E-state index contributed by atoms with van der Waals surface area (Å²) in [4.78, 5) is -0.0740. The minimum atomic E-state index is -3.79. The normalized spacial score (nSPS) is 13.6. The maximum absolute atomic E-state index is 13.3. The number of aliphatic hydroxyl groups excluding tert-OH is 1. The van der Waals surface area contributed by atoms with Crippen LogP contribution in [0.15, 0.2) is 23.1 Å². The molecule has 0 heterocycles. The summed E-state index contributed by atoms with van der Waals surface area (Å²) in [7, 11) is -3.79. The summed E-state index contributed by atoms with van der Waals surface area (Å²) >= 11 is 0. The van der Waals surface area contributed by atoms with Crippen LogP contribution in [-0.2, 0) is 21.4 Å². The van der Waals surface area contributed by atoms with Gasteiger partial charge in [-0.1, -0.05) is 13.8 Å². The van der Waals surface area contributed by atoms with Gasteiger partial charge in [-0.15, -0.1) is 0 Å². The zero-order valence-corrected chi connectivity index (χ0v) is 13.3. The fourth-order valence-electron chi connectivity index (χ4n) is 1.71. The number of aliphatic hydroxyl groups is 1. The van der Waals surface area contributed by atoms with Gasteiger partial charge in [-0.05, 0) is 31.0 Å². The summed E-state index contributed by atoms with van der Waals surface area (Å²) in [5.74, 6) is -0.588. The van der Waals surface area contributed by atoms with E-state index in [1.165, 1.54) is 6.07 Å². The second-order valence-corrected chi connectivity index (χ2v) is 6.76. The molecule has 1 rings (SSSR count). The first kappa shape index (κ1) is 18.0. The van der Waals surface area contributed by atoms with Crippen LogP contribution in [0.5, 0.6) is 0 Å². The lowest BCUT2D eigenvalue weighted by atomic mass is 10.1. The Hall–Kier alpha value is -1.02. The quantitative estimate of drug-likeness (QED) is 0.764. The topological polar surface area (TPSA) is 75.6 Å². The van der Waals surface area contributed by atoms with Crippen LogP contribution in [-0.4, -0.2) is 32.8 Å². The number of rotatable bonds is 8. The number of nitrogens with one attached hydrogen (secondary N) is 1. The van der Waals surface area contributed by atoms with E-state index in [-0.39, 0.29) is 29.0 Å². The molecule has 0 aromatic heterocycles. The van der Waals surface area contributed by atoms with Gasteiger partial charge in [0.25, 0.3) is 0 Å². The first-order valence-corrected chi connectivity index (χ1v) is 8.29. The Morgan fingerprint density at radius 2 is 2.05 bits per heavy atom. The predicted octanol–water partition coefficient (Wildman–Crippen LogP) is 1.66. The molecule has 21 heavy (non-hydrogen) atoms. The van der Waals surface area contributed by atoms with Crippen LogP contribution in [0.25, 0.3) is 0 Å². The molecule has 0 aliphatic rings. The van der Waals surface area contributed by atoms with Crippen LogP contribution in [0, 0.1) is 11.7 Å². The zero-order chi connectivity index (χ0) is 16.0. The second-order valence-electron chi connectivity index (χ2n) is 5.04. The molecular formula is C14H22FNO4S. The summed E-state index contributed by atoms with van der Waals surface area (Å²) in [6.45, 7) is 5.81. The van der Waals surface area contributed by atoms with E-state index in [0.29, 0.717) is 6.61 Å². The average molecular weight is 319 g/mol. The molecule has 0 aliphatic carbocycles. The molecule has 7 heteroatoms. The molecule has 0 fully saturated rings. The molecule has 1 atom stereocenters. The number of sulfonamides is 1. The number of hydrogen-bond acceptors (Lipinski definition) is 4. The molecule has 1 aromatic rings. The molecule has 2 N–H and O–H groups in total. The molecule has 0 spiro atoms. The van der Waals surface area contributed by atoms with E-state index >= 15 is 0 Å². The molecule has 0 radical (unpaired) electrons. The van der Waals surface area contributed by atoms with Crippen LogP contribution in [0.4, 0.5) is 4.39 Å². The highest BCUT2D eigenvalue weighted by Crippen LogP contribution is 2.16. The fourth-order valence-corrected chi connectivity index (χ4v) is 3.13. The van der Waals surface area contributed by atoms with Crippen molar-refractivity contribution < 1.29 is 22.7 Å². The van der Waals surface area contributed by atoms with E-state index in [1.807, 2.05) is 20.8 Å². The minimum Gasteiger partial charge on any atom is -0.392 e. The lowest BCUT2D eigenvalue weighted by Gasteiger charge is -2.22. The summed E-state index contributed by atoms with van der Waals surface area (Å²) < 4.78 is 45.8. The lowest BCUT2D eigenvalue weighted by molar-refractivity contribution is 0.116. The molecule has 0 saturated carbocycles. The van der Waals surface area contributed by atoms with E-state index in [4.69, 9.17) is 9.84 Å². The van der Waals surface area contributed by atoms with Gasteiger partial charge < -0.3 is 9.84 Å². The molecule has 5 nitrogen and oxygen atoms in total. The Labute approximate surface area is 125 Å². The molecule has 0 saturated heterocycles. The van der Waals surface area contributed by atoms with E-state index in [2.05, 4.69) is 4.72 Å². The van der Waals surface area contributed by atoms with Crippen molar-refractivity contribution in [2.45, 2.75) is 38.3 Å². The van der Waals surface area contributed by atoms with Gasteiger partial charge in [-0.25, -0.2) is 17.5 Å². The van der Waals surface area contributed by atoms with Crippen LogP contribution < -0.4 is 4.72 Å². The van der Waals surface area contributed by atoms with Crippen molar-refractivity contribution in [1.82, 2.24) is 4.72 Å². The number of benzene rings is 1. The van der Waals surface area contributed by atoms with Crippen molar-refractivity contribution in [3.63, 3.8) is 0 Å². The largest absolute Gasteiger partial charge is 0.392 e. The van der Waals surface area contributed by atoms with E-state index in [0.717, 1.165) is 12.1 Å². The maximum Gasteiger partial charge on any atom is 0.240 e. The maximum atomic E-state index is 13.3. The van der Waals surface area contributed by atoms with E-state index < -0.39 is 22.4 Å². The Morgan fingerprint density at radius 1 is 1.38 bits per heavy atom. The average Bonchev–Trinajstić information content (AvgIpc) is 2.43. The zero-order valence-electron chi connectivity index (χ0n) is 12.5. The Bertz CT molecular complexity index is 560. The molecule has 0 amide bonds. The Kier molecular flexibility index (Phi) is 6.73. The van der Waals surface area contributed by atoms with Gasteiger partial charge in [-0.3, -0.25) is 0 Å². The number of ether oxygens (including phenoxy) is 1. The van der Waals surface area contributed by atoms with Crippen LogP contribution in [0.2, 0.25) is 0 Å². The Balaban J connectivity index is 2.98. The van der Waals surface area contributed by atoms with Crippen molar-refractivity contribution >= 4 is 10.0 Å². The molecule has 0 aliphatic heterocycles. The molecule has 0 bridgehead atoms. The Morgan fingerprint density at radius 3 is 2.57 bits per heavy atom. The van der Waals surface area contributed by atoms with E-state index in [1.54, 1.807) is 0 Å². The standard InChI is InChI=1S/C14H22FNO4S/c1-4-20-9-14(10(2)3)16-21(18,19)12-5-6-13(15)11(7-12)8-17/h5-7,10,14,16-17H,4,8-9H2,1-3H3. The van der Waals surface area contributed by atoms with Crippen molar-refractivity contribution in [3.8, 4) is 0 Å². The molecular weight excluding hydrogens is 297 g/mol. The summed E-state index contributed by atoms with van der Waals surface area (Å²) in [5, 5.41) is 9.02. The van der Waals surface area contributed by atoms with Gasteiger partial charge in [0.15, 0.2) is 0 Å². The van der Waals surface area contributed by atoms with Gasteiger partial charge in [0.2, 0.25) is 10.0 Å². The predicted molar refractivity (Wildman–Crippen MR) is 77.8 cm³/mol. The SMILES string of the molecule is CCOCC(NS(=O)(=O)c1ccc(F)c(CO)c1)C(C)C. The van der Waals surface area contributed by atoms with Crippen LogP contribution in [0.1, 0.15) is 26.3 Å². The van der Waals surface area contributed by atoms with Gasteiger partial charge in [-0.2, -0.15) is 0 Å². The fraction of sp³-hybridized carbons (Fsp3) is 0.571. The van der Waals surface area contributed by atoms with Gasteiger partial charge in [0, 0.05) is 18.2 Å². The lowest BCUT2D eigenvalue weighted by Crippen LogP contribution is -2.41. The van der Waals surface area contributed by atoms with Gasteiger partial charge in [0.1, 0.15) is 5.82 Å². The van der Waals surface area contributed by atoms with Crippen molar-refractivity contribution in [1.29, 1.82) is 0 Å². The van der Waals surface area contributed by atoms with Gasteiger partial charge in [0.05, 0.1) is 18.1 Å². The van der Waals surface area contributed by atoms with Crippen LogP contribution >= 0.6 is 0 Å². The summed E-state index contributed by atoms with van der Waals surface area (Å²) in [6.07, 6.45) is 0. The monoisotopic (exact) mass is 319 g/mol. The highest BCUT2D eigenvalue weighted by molar-refractivity contribution is 7.89. The highest BCUT2D eigenvalue weighted by Gasteiger charge is 2.23. The third-order valence-electron chi connectivity index (χ3n) is 3.11. The van der Waals surface area contributed by atoms with Crippen molar-refractivity contribution in [3.05, 3.63) is 29.6 Å². The third-order valence-corrected chi connectivity index (χ3v) is 4.60. The third kappa shape index (κ3) is 5.03. The first-order valence-electron chi connectivity index (χ1n) is 6.81. The highest BCUT2D eigenvalue weighted by atomic mass is 32.2. The smallest absolute Gasteiger partial charge is 0.240 e. The van der Waals surface area contributed by atoms with E-state index in [9.17, 15) is 12.8 Å². The van der Waals surface area contributed by atoms with Crippen molar-refractivity contribution in [2.24, 2.45) is 5.92 Å². The first-order chi connectivity index (χ1) is 9.81. The van der Waals surface area contributed by atoms with Crippen LogP contribution in [0.3, 0.4) is 0 Å². The number of hydrogen-bond donors (Lipinski definition) is 2.